The lowest BCUT2D eigenvalue weighted by molar-refractivity contribution is -0.140. The summed E-state index contributed by atoms with van der Waals surface area (Å²) in [4.78, 5) is 11.0. The van der Waals surface area contributed by atoms with Crippen molar-refractivity contribution in [2.45, 2.75) is 24.5 Å². The quantitative estimate of drug-likeness (QED) is 0.710. The van der Waals surface area contributed by atoms with Crippen molar-refractivity contribution in [1.82, 2.24) is 0 Å². The molecule has 2 nitrogen and oxygen atoms in total. The zero-order valence-corrected chi connectivity index (χ0v) is 10.6. The lowest BCUT2D eigenvalue weighted by Gasteiger charge is -2.14. The van der Waals surface area contributed by atoms with Gasteiger partial charge in [-0.3, -0.25) is 4.79 Å². The molecule has 1 aromatic rings. The second kappa shape index (κ2) is 7.34. The molecular formula is C13H18O2S. The molecule has 0 fully saturated rings. The number of carbonyl (C=O) groups excluding carboxylic acids is 1. The zero-order valence-electron chi connectivity index (χ0n) is 9.81. The van der Waals surface area contributed by atoms with Crippen molar-refractivity contribution in [1.29, 1.82) is 0 Å². The van der Waals surface area contributed by atoms with Crippen molar-refractivity contribution in [3.05, 3.63) is 35.9 Å². The van der Waals surface area contributed by atoms with Gasteiger partial charge in [0.05, 0.1) is 7.11 Å². The minimum Gasteiger partial charge on any atom is -0.469 e. The van der Waals surface area contributed by atoms with E-state index in [9.17, 15) is 4.79 Å². The molecule has 1 atom stereocenters. The first kappa shape index (κ1) is 13.1. The number of methoxy groups -OCH3 is 1. The summed E-state index contributed by atoms with van der Waals surface area (Å²) in [7, 11) is 1.44. The van der Waals surface area contributed by atoms with Crippen LogP contribution in [0.4, 0.5) is 0 Å². The second-order valence-corrected chi connectivity index (χ2v) is 4.64. The fourth-order valence-electron chi connectivity index (χ4n) is 1.62. The Labute approximate surface area is 101 Å². The molecule has 0 aliphatic rings. The molecule has 0 spiro atoms. The van der Waals surface area contributed by atoms with Gasteiger partial charge in [0.25, 0.3) is 0 Å². The number of hydrogen-bond acceptors (Lipinski definition) is 3. The fourth-order valence-corrected chi connectivity index (χ4v) is 2.45. The number of benzene rings is 1. The molecule has 0 radical (unpaired) electrons. The number of hydrogen-bond donors (Lipinski definition) is 0. The van der Waals surface area contributed by atoms with Crippen LogP contribution in [0.25, 0.3) is 0 Å². The summed E-state index contributed by atoms with van der Waals surface area (Å²) in [5.74, 6) is -0.118. The van der Waals surface area contributed by atoms with Crippen LogP contribution in [0, 0.1) is 0 Å². The van der Waals surface area contributed by atoms with Crippen molar-refractivity contribution in [2.75, 3.05) is 13.4 Å². The summed E-state index contributed by atoms with van der Waals surface area (Å²) < 4.78 is 4.63. The Morgan fingerprint density at radius 1 is 1.38 bits per heavy atom. The van der Waals surface area contributed by atoms with Crippen molar-refractivity contribution in [3.63, 3.8) is 0 Å². The van der Waals surface area contributed by atoms with Crippen molar-refractivity contribution in [2.24, 2.45) is 0 Å². The van der Waals surface area contributed by atoms with E-state index in [1.807, 2.05) is 17.8 Å². The Morgan fingerprint density at radius 2 is 2.06 bits per heavy atom. The number of esters is 1. The highest BCUT2D eigenvalue weighted by atomic mass is 32.2. The molecular weight excluding hydrogens is 220 g/mol. The maximum Gasteiger partial charge on any atom is 0.305 e. The standard InChI is InChI=1S/C13H18O2S/c1-15-13(14)10-6-9-12(16-2)11-7-4-3-5-8-11/h3-5,7-8,12H,6,9-10H2,1-2H3. The monoisotopic (exact) mass is 238 g/mol. The van der Waals surface area contributed by atoms with Gasteiger partial charge in [-0.1, -0.05) is 30.3 Å². The van der Waals surface area contributed by atoms with E-state index in [1.54, 1.807) is 0 Å². The summed E-state index contributed by atoms with van der Waals surface area (Å²) in [6, 6.07) is 10.4. The average molecular weight is 238 g/mol. The van der Waals surface area contributed by atoms with Crippen LogP contribution in [0.2, 0.25) is 0 Å². The number of rotatable bonds is 6. The van der Waals surface area contributed by atoms with E-state index in [0.29, 0.717) is 11.7 Å². The molecule has 0 heterocycles. The first-order valence-corrected chi connectivity index (χ1v) is 6.71. The van der Waals surface area contributed by atoms with Gasteiger partial charge < -0.3 is 4.74 Å². The van der Waals surface area contributed by atoms with Gasteiger partial charge in [-0.05, 0) is 24.7 Å². The first-order chi connectivity index (χ1) is 7.77. The topological polar surface area (TPSA) is 26.3 Å². The molecule has 0 amide bonds. The predicted octanol–water partition coefficient (Wildman–Crippen LogP) is 3.43. The third-order valence-electron chi connectivity index (χ3n) is 2.53. The smallest absolute Gasteiger partial charge is 0.305 e. The molecule has 0 N–H and O–H groups in total. The summed E-state index contributed by atoms with van der Waals surface area (Å²) in [6.07, 6.45) is 4.52. The maximum absolute atomic E-state index is 11.0. The molecule has 0 aliphatic carbocycles. The Hall–Kier alpha value is -0.960. The van der Waals surface area contributed by atoms with E-state index in [2.05, 4.69) is 35.3 Å². The molecule has 0 aliphatic heterocycles. The van der Waals surface area contributed by atoms with E-state index in [4.69, 9.17) is 0 Å². The molecule has 0 saturated heterocycles. The van der Waals surface area contributed by atoms with Gasteiger partial charge in [0.2, 0.25) is 0 Å². The van der Waals surface area contributed by atoms with Crippen molar-refractivity contribution >= 4 is 17.7 Å². The number of ether oxygens (including phenoxy) is 1. The average Bonchev–Trinajstić information content (AvgIpc) is 2.35. The van der Waals surface area contributed by atoms with Crippen molar-refractivity contribution in [3.8, 4) is 0 Å². The van der Waals surface area contributed by atoms with Crippen LogP contribution in [0.3, 0.4) is 0 Å². The third-order valence-corrected chi connectivity index (χ3v) is 3.61. The maximum atomic E-state index is 11.0. The van der Waals surface area contributed by atoms with E-state index < -0.39 is 0 Å². The molecule has 88 valence electrons. The van der Waals surface area contributed by atoms with E-state index >= 15 is 0 Å². The molecule has 1 rings (SSSR count). The Kier molecular flexibility index (Phi) is 6.01. The van der Waals surface area contributed by atoms with Gasteiger partial charge in [0, 0.05) is 11.7 Å². The van der Waals surface area contributed by atoms with Crippen LogP contribution in [-0.4, -0.2) is 19.3 Å². The Morgan fingerprint density at radius 3 is 2.62 bits per heavy atom. The number of carbonyl (C=O) groups is 1. The lowest BCUT2D eigenvalue weighted by Crippen LogP contribution is -2.01. The normalized spacial score (nSPS) is 12.1. The largest absolute Gasteiger partial charge is 0.469 e. The third kappa shape index (κ3) is 4.27. The van der Waals surface area contributed by atoms with Gasteiger partial charge in [0.15, 0.2) is 0 Å². The van der Waals surface area contributed by atoms with Gasteiger partial charge in [0.1, 0.15) is 0 Å². The van der Waals surface area contributed by atoms with Crippen LogP contribution < -0.4 is 0 Å². The highest BCUT2D eigenvalue weighted by Crippen LogP contribution is 2.31. The van der Waals surface area contributed by atoms with Gasteiger partial charge in [-0.15, -0.1) is 0 Å². The van der Waals surface area contributed by atoms with E-state index in [0.717, 1.165) is 12.8 Å². The van der Waals surface area contributed by atoms with Crippen LogP contribution in [0.5, 0.6) is 0 Å². The van der Waals surface area contributed by atoms with Crippen molar-refractivity contribution < 1.29 is 9.53 Å². The van der Waals surface area contributed by atoms with Crippen LogP contribution in [0.15, 0.2) is 30.3 Å². The number of thioether (sulfide) groups is 1. The summed E-state index contributed by atoms with van der Waals surface area (Å²) in [5.41, 5.74) is 1.33. The van der Waals surface area contributed by atoms with Crippen LogP contribution in [-0.2, 0) is 9.53 Å². The second-order valence-electron chi connectivity index (χ2n) is 3.60. The van der Waals surface area contributed by atoms with Gasteiger partial charge >= 0.3 is 5.97 Å². The molecule has 3 heteroatoms. The molecule has 16 heavy (non-hydrogen) atoms. The molecule has 0 bridgehead atoms. The van der Waals surface area contributed by atoms with E-state index in [1.165, 1.54) is 12.7 Å². The summed E-state index contributed by atoms with van der Waals surface area (Å²) in [5, 5.41) is 0.478. The Balaban J connectivity index is 2.41. The minimum atomic E-state index is -0.118. The SMILES string of the molecule is COC(=O)CCCC(SC)c1ccccc1. The van der Waals surface area contributed by atoms with Gasteiger partial charge in [-0.25, -0.2) is 0 Å². The molecule has 0 saturated carbocycles. The Bertz CT molecular complexity index is 311. The molecule has 1 aromatic carbocycles. The first-order valence-electron chi connectivity index (χ1n) is 5.42. The minimum absolute atomic E-state index is 0.118. The lowest BCUT2D eigenvalue weighted by atomic mass is 10.1. The molecule has 1 unspecified atom stereocenters. The predicted molar refractivity (Wildman–Crippen MR) is 68.6 cm³/mol. The molecule has 0 aromatic heterocycles. The highest BCUT2D eigenvalue weighted by Gasteiger charge is 2.10. The van der Waals surface area contributed by atoms with E-state index in [-0.39, 0.29) is 5.97 Å². The van der Waals surface area contributed by atoms with Gasteiger partial charge in [-0.2, -0.15) is 11.8 Å². The highest BCUT2D eigenvalue weighted by molar-refractivity contribution is 7.98. The summed E-state index contributed by atoms with van der Waals surface area (Å²) in [6.45, 7) is 0. The fraction of sp³-hybridized carbons (Fsp3) is 0.462. The zero-order chi connectivity index (χ0) is 11.8. The van der Waals surface area contributed by atoms with Crippen LogP contribution >= 0.6 is 11.8 Å². The van der Waals surface area contributed by atoms with Crippen LogP contribution in [0.1, 0.15) is 30.1 Å². The summed E-state index contributed by atoms with van der Waals surface area (Å²) >= 11 is 1.83.